The van der Waals surface area contributed by atoms with E-state index in [2.05, 4.69) is 15.3 Å². The van der Waals surface area contributed by atoms with Gasteiger partial charge in [0.2, 0.25) is 5.95 Å². The summed E-state index contributed by atoms with van der Waals surface area (Å²) < 4.78 is 13.5. The monoisotopic (exact) mass is 444 g/mol. The minimum Gasteiger partial charge on any atom is -0.493 e. The molecule has 1 atom stereocenters. The number of nitro benzene ring substituents is 1. The molecule has 5 rings (SSSR count). The number of nitro groups is 1. The summed E-state index contributed by atoms with van der Waals surface area (Å²) in [5.41, 5.74) is 9.46. The maximum atomic E-state index is 10.9. The molecule has 0 unspecified atom stereocenters. The fourth-order valence-corrected chi connectivity index (χ4v) is 3.78. The second-order valence-electron chi connectivity index (χ2n) is 7.43. The SMILES string of the molecule is COc1ccc([C@@H]2N=C(N)Nc3nc4ccccc4n32)cc1OCc1ccc([N+](=O)[O-])cc1. The minimum absolute atomic E-state index is 0.0306. The van der Waals surface area contributed by atoms with Crippen LogP contribution in [0.1, 0.15) is 17.3 Å². The number of hydrogen-bond acceptors (Lipinski definition) is 8. The number of rotatable bonds is 6. The van der Waals surface area contributed by atoms with Crippen molar-refractivity contribution in [3.63, 3.8) is 0 Å². The molecule has 0 bridgehead atoms. The van der Waals surface area contributed by atoms with Crippen LogP contribution in [-0.2, 0) is 6.61 Å². The number of hydrogen-bond donors (Lipinski definition) is 2. The molecule has 0 radical (unpaired) electrons. The highest BCUT2D eigenvalue weighted by Gasteiger charge is 2.26. The van der Waals surface area contributed by atoms with Crippen LogP contribution in [0.15, 0.2) is 71.7 Å². The molecule has 166 valence electrons. The lowest BCUT2D eigenvalue weighted by atomic mass is 10.1. The standard InChI is InChI=1S/C23H20N6O4/c1-32-19-11-8-15(12-20(19)33-13-14-6-9-16(10-7-14)29(30)31)21-26-22(24)27-23-25-17-4-2-3-5-18(17)28(21)23/h2-12,21H,13H2,1H3,(H3,24,25,26,27)/t21-/m1/s1. The largest absolute Gasteiger partial charge is 0.493 e. The van der Waals surface area contributed by atoms with E-state index in [0.29, 0.717) is 17.4 Å². The van der Waals surface area contributed by atoms with Gasteiger partial charge in [-0.1, -0.05) is 18.2 Å². The number of para-hydroxylation sites is 2. The van der Waals surface area contributed by atoms with E-state index in [1.165, 1.54) is 12.1 Å². The molecule has 10 nitrogen and oxygen atoms in total. The maximum absolute atomic E-state index is 10.9. The second kappa shape index (κ2) is 8.15. The van der Waals surface area contributed by atoms with Crippen molar-refractivity contribution in [2.45, 2.75) is 12.8 Å². The van der Waals surface area contributed by atoms with Gasteiger partial charge in [-0.25, -0.2) is 9.98 Å². The number of nitrogens with zero attached hydrogens (tertiary/aromatic N) is 4. The number of guanidine groups is 1. The zero-order chi connectivity index (χ0) is 22.9. The molecule has 4 aromatic rings. The van der Waals surface area contributed by atoms with E-state index in [-0.39, 0.29) is 18.3 Å². The van der Waals surface area contributed by atoms with Crippen molar-refractivity contribution in [2.24, 2.45) is 10.7 Å². The number of fused-ring (bicyclic) bond motifs is 3. The normalized spacial score (nSPS) is 14.8. The van der Waals surface area contributed by atoms with Gasteiger partial charge >= 0.3 is 0 Å². The Kier molecular flexibility index (Phi) is 5.02. The first-order chi connectivity index (χ1) is 16.0. The topological polar surface area (TPSA) is 130 Å². The molecule has 1 aliphatic rings. The summed E-state index contributed by atoms with van der Waals surface area (Å²) in [5, 5.41) is 13.9. The summed E-state index contributed by atoms with van der Waals surface area (Å²) >= 11 is 0. The van der Waals surface area contributed by atoms with Crippen molar-refractivity contribution in [2.75, 3.05) is 12.4 Å². The Morgan fingerprint density at radius 2 is 1.91 bits per heavy atom. The molecule has 1 aliphatic heterocycles. The van der Waals surface area contributed by atoms with Gasteiger partial charge in [-0.3, -0.25) is 20.0 Å². The Balaban J connectivity index is 1.48. The summed E-state index contributed by atoms with van der Waals surface area (Å²) in [7, 11) is 1.57. The van der Waals surface area contributed by atoms with Gasteiger partial charge in [-0.15, -0.1) is 0 Å². The predicted molar refractivity (Wildman–Crippen MR) is 124 cm³/mol. The average molecular weight is 444 g/mol. The van der Waals surface area contributed by atoms with Crippen LogP contribution in [0.4, 0.5) is 11.6 Å². The fourth-order valence-electron chi connectivity index (χ4n) is 3.78. The van der Waals surface area contributed by atoms with Crippen LogP contribution in [-0.4, -0.2) is 27.5 Å². The van der Waals surface area contributed by atoms with E-state index < -0.39 is 11.1 Å². The third kappa shape index (κ3) is 3.78. The molecular weight excluding hydrogens is 424 g/mol. The average Bonchev–Trinajstić information content (AvgIpc) is 3.20. The van der Waals surface area contributed by atoms with Crippen LogP contribution in [0.2, 0.25) is 0 Å². The van der Waals surface area contributed by atoms with Crippen molar-refractivity contribution in [1.82, 2.24) is 9.55 Å². The molecule has 3 N–H and O–H groups in total. The van der Waals surface area contributed by atoms with Gasteiger partial charge < -0.3 is 15.2 Å². The van der Waals surface area contributed by atoms with Gasteiger partial charge in [0, 0.05) is 17.7 Å². The number of aromatic nitrogens is 2. The summed E-state index contributed by atoms with van der Waals surface area (Å²) in [5.74, 6) is 1.96. The number of benzene rings is 3. The Morgan fingerprint density at radius 3 is 2.67 bits per heavy atom. The smallest absolute Gasteiger partial charge is 0.269 e. The summed E-state index contributed by atoms with van der Waals surface area (Å²) in [6.07, 6.45) is -0.443. The molecule has 0 fully saturated rings. The highest BCUT2D eigenvalue weighted by molar-refractivity contribution is 5.94. The Bertz CT molecular complexity index is 1380. The molecule has 2 heterocycles. The molecule has 33 heavy (non-hydrogen) atoms. The highest BCUT2D eigenvalue weighted by atomic mass is 16.6. The molecule has 3 aromatic carbocycles. The molecule has 10 heteroatoms. The van der Waals surface area contributed by atoms with E-state index in [0.717, 1.165) is 22.2 Å². The lowest BCUT2D eigenvalue weighted by Gasteiger charge is -2.24. The van der Waals surface area contributed by atoms with E-state index >= 15 is 0 Å². The molecule has 0 spiro atoms. The van der Waals surface area contributed by atoms with Gasteiger partial charge in [0.25, 0.3) is 5.69 Å². The van der Waals surface area contributed by atoms with Crippen molar-refractivity contribution >= 4 is 28.6 Å². The first-order valence-electron chi connectivity index (χ1n) is 10.1. The lowest BCUT2D eigenvalue weighted by molar-refractivity contribution is -0.384. The number of nitrogens with two attached hydrogens (primary N) is 1. The van der Waals surface area contributed by atoms with Gasteiger partial charge in [-0.05, 0) is 42.0 Å². The van der Waals surface area contributed by atoms with Crippen LogP contribution in [0, 0.1) is 10.1 Å². The number of imidazole rings is 1. The summed E-state index contributed by atoms with van der Waals surface area (Å²) in [4.78, 5) is 19.7. The number of methoxy groups -OCH3 is 1. The van der Waals surface area contributed by atoms with Crippen LogP contribution >= 0.6 is 0 Å². The lowest BCUT2D eigenvalue weighted by Crippen LogP contribution is -2.31. The Hall–Kier alpha value is -4.60. The van der Waals surface area contributed by atoms with Crippen molar-refractivity contribution in [3.05, 3.63) is 88.0 Å². The van der Waals surface area contributed by atoms with Crippen LogP contribution < -0.4 is 20.5 Å². The number of anilines is 1. The highest BCUT2D eigenvalue weighted by Crippen LogP contribution is 2.36. The number of ether oxygens (including phenoxy) is 2. The van der Waals surface area contributed by atoms with Crippen LogP contribution in [0.5, 0.6) is 11.5 Å². The molecule has 0 amide bonds. The minimum atomic E-state index is -0.443. The molecular formula is C23H20N6O4. The first kappa shape index (κ1) is 20.3. The third-order valence-corrected chi connectivity index (χ3v) is 5.37. The Morgan fingerprint density at radius 1 is 1.12 bits per heavy atom. The summed E-state index contributed by atoms with van der Waals surface area (Å²) in [6, 6.07) is 19.6. The van der Waals surface area contributed by atoms with E-state index in [9.17, 15) is 10.1 Å². The Labute approximate surface area is 188 Å². The molecule has 0 saturated carbocycles. The van der Waals surface area contributed by atoms with E-state index in [4.69, 9.17) is 15.2 Å². The maximum Gasteiger partial charge on any atom is 0.269 e. The number of nitrogens with one attached hydrogen (secondary N) is 1. The fraction of sp³-hybridized carbons (Fsp3) is 0.130. The number of non-ortho nitro benzene ring substituents is 1. The molecule has 1 aromatic heterocycles. The van der Waals surface area contributed by atoms with Crippen LogP contribution in [0.25, 0.3) is 11.0 Å². The quantitative estimate of drug-likeness (QED) is 0.341. The summed E-state index contributed by atoms with van der Waals surface area (Å²) in [6.45, 7) is 0.217. The van der Waals surface area contributed by atoms with Gasteiger partial charge in [0.15, 0.2) is 23.6 Å². The van der Waals surface area contributed by atoms with E-state index in [1.54, 1.807) is 19.2 Å². The van der Waals surface area contributed by atoms with Gasteiger partial charge in [-0.2, -0.15) is 0 Å². The van der Waals surface area contributed by atoms with Crippen LogP contribution in [0.3, 0.4) is 0 Å². The molecule has 0 saturated heterocycles. The first-order valence-corrected chi connectivity index (χ1v) is 10.1. The molecule has 0 aliphatic carbocycles. The van der Waals surface area contributed by atoms with Gasteiger partial charge in [0.1, 0.15) is 6.61 Å². The van der Waals surface area contributed by atoms with Gasteiger partial charge in [0.05, 0.1) is 23.1 Å². The van der Waals surface area contributed by atoms with Crippen molar-refractivity contribution in [3.8, 4) is 11.5 Å². The number of aliphatic imine (C=N–C) groups is 1. The van der Waals surface area contributed by atoms with Crippen molar-refractivity contribution in [1.29, 1.82) is 0 Å². The van der Waals surface area contributed by atoms with Crippen molar-refractivity contribution < 1.29 is 14.4 Å². The second-order valence-corrected chi connectivity index (χ2v) is 7.43. The zero-order valence-corrected chi connectivity index (χ0v) is 17.6. The predicted octanol–water partition coefficient (Wildman–Crippen LogP) is 3.82. The third-order valence-electron chi connectivity index (χ3n) is 5.37. The zero-order valence-electron chi connectivity index (χ0n) is 17.6. The van der Waals surface area contributed by atoms with E-state index in [1.807, 2.05) is 47.0 Å².